The number of rotatable bonds is 1. The molecular weight excluding hydrogens is 312 g/mol. The largest absolute Gasteiger partial charge is 0.369 e. The number of aromatic nitrogens is 2. The molecule has 114 valence electrons. The molecule has 1 N–H and O–H groups in total. The lowest BCUT2D eigenvalue weighted by molar-refractivity contribution is 0.0996. The van der Waals surface area contributed by atoms with Crippen LogP contribution in [0.1, 0.15) is 10.4 Å². The van der Waals surface area contributed by atoms with Crippen LogP contribution in [-0.2, 0) is 6.54 Å². The number of carbonyl (C=O) groups is 1. The SMILES string of the molecule is O=C(N=c1nc2ccccc2c2n1CCN2)c1cccc(Cl)c1. The zero-order valence-corrected chi connectivity index (χ0v) is 12.9. The minimum atomic E-state index is -0.350. The summed E-state index contributed by atoms with van der Waals surface area (Å²) in [6.07, 6.45) is 0. The van der Waals surface area contributed by atoms with Gasteiger partial charge in [0, 0.05) is 29.1 Å². The van der Waals surface area contributed by atoms with Gasteiger partial charge in [-0.3, -0.25) is 9.36 Å². The number of hydrogen-bond acceptors (Lipinski definition) is 3. The van der Waals surface area contributed by atoms with Gasteiger partial charge in [-0.15, -0.1) is 0 Å². The van der Waals surface area contributed by atoms with Crippen molar-refractivity contribution in [1.29, 1.82) is 0 Å². The molecule has 1 aromatic heterocycles. The van der Waals surface area contributed by atoms with Gasteiger partial charge in [-0.1, -0.05) is 29.8 Å². The van der Waals surface area contributed by atoms with Crippen LogP contribution in [-0.4, -0.2) is 22.0 Å². The predicted molar refractivity (Wildman–Crippen MR) is 89.6 cm³/mol. The highest BCUT2D eigenvalue weighted by Crippen LogP contribution is 2.22. The maximum atomic E-state index is 12.4. The molecule has 0 atom stereocenters. The highest BCUT2D eigenvalue weighted by atomic mass is 35.5. The number of para-hydroxylation sites is 1. The first kappa shape index (κ1) is 14.0. The summed E-state index contributed by atoms with van der Waals surface area (Å²) in [7, 11) is 0. The minimum absolute atomic E-state index is 0.350. The third-order valence-corrected chi connectivity index (χ3v) is 4.03. The van der Waals surface area contributed by atoms with Gasteiger partial charge in [0.15, 0.2) is 0 Å². The van der Waals surface area contributed by atoms with Crippen LogP contribution in [0, 0.1) is 0 Å². The summed E-state index contributed by atoms with van der Waals surface area (Å²) in [5, 5.41) is 4.87. The lowest BCUT2D eigenvalue weighted by Crippen LogP contribution is -2.24. The second kappa shape index (κ2) is 5.52. The molecule has 0 bridgehead atoms. The van der Waals surface area contributed by atoms with E-state index < -0.39 is 0 Å². The average Bonchev–Trinajstić information content (AvgIpc) is 3.05. The number of amides is 1. The molecule has 5 nitrogen and oxygen atoms in total. The fourth-order valence-corrected chi connectivity index (χ4v) is 2.93. The van der Waals surface area contributed by atoms with Crippen LogP contribution in [0.5, 0.6) is 0 Å². The van der Waals surface area contributed by atoms with E-state index >= 15 is 0 Å². The van der Waals surface area contributed by atoms with Gasteiger partial charge >= 0.3 is 0 Å². The van der Waals surface area contributed by atoms with Gasteiger partial charge in [0.25, 0.3) is 5.91 Å². The van der Waals surface area contributed by atoms with Crippen molar-refractivity contribution in [3.63, 3.8) is 0 Å². The molecular formula is C17H13ClN4O. The molecule has 0 saturated heterocycles. The topological polar surface area (TPSA) is 59.3 Å². The Bertz CT molecular complexity index is 993. The van der Waals surface area contributed by atoms with Gasteiger partial charge in [-0.05, 0) is 30.3 Å². The van der Waals surface area contributed by atoms with Crippen molar-refractivity contribution in [2.75, 3.05) is 11.9 Å². The fourth-order valence-electron chi connectivity index (χ4n) is 2.74. The predicted octanol–water partition coefficient (Wildman–Crippen LogP) is 2.86. The molecule has 0 aliphatic carbocycles. The van der Waals surface area contributed by atoms with E-state index in [4.69, 9.17) is 11.6 Å². The summed E-state index contributed by atoms with van der Waals surface area (Å²) >= 11 is 5.94. The fraction of sp³-hybridized carbons (Fsp3) is 0.118. The molecule has 2 aromatic carbocycles. The van der Waals surface area contributed by atoms with E-state index in [1.807, 2.05) is 28.8 Å². The molecule has 0 radical (unpaired) electrons. The van der Waals surface area contributed by atoms with Crippen molar-refractivity contribution < 1.29 is 4.79 Å². The van der Waals surface area contributed by atoms with Crippen LogP contribution >= 0.6 is 11.6 Å². The standard InChI is InChI=1S/C17H13ClN4O/c18-12-5-3-4-11(10-12)16(23)21-17-20-14-7-2-1-6-13(14)15-19-8-9-22(15)17/h1-7,10,19H,8-9H2. The van der Waals surface area contributed by atoms with Crippen LogP contribution in [0.2, 0.25) is 5.02 Å². The zero-order valence-electron chi connectivity index (χ0n) is 12.2. The number of fused-ring (bicyclic) bond motifs is 3. The quantitative estimate of drug-likeness (QED) is 0.748. The lowest BCUT2D eigenvalue weighted by Gasteiger charge is -2.07. The molecule has 0 fully saturated rings. The van der Waals surface area contributed by atoms with Crippen molar-refractivity contribution in [3.8, 4) is 0 Å². The second-order valence-electron chi connectivity index (χ2n) is 5.28. The van der Waals surface area contributed by atoms with Crippen molar-refractivity contribution in [3.05, 3.63) is 64.7 Å². The molecule has 1 amide bonds. The number of nitrogens with zero attached hydrogens (tertiary/aromatic N) is 3. The van der Waals surface area contributed by atoms with E-state index in [2.05, 4.69) is 15.3 Å². The van der Waals surface area contributed by atoms with Crippen LogP contribution in [0.3, 0.4) is 0 Å². The Morgan fingerprint density at radius 3 is 2.96 bits per heavy atom. The molecule has 1 aliphatic heterocycles. The van der Waals surface area contributed by atoms with Gasteiger partial charge in [0.2, 0.25) is 5.62 Å². The Balaban J connectivity index is 1.90. The Morgan fingerprint density at radius 2 is 2.09 bits per heavy atom. The summed E-state index contributed by atoms with van der Waals surface area (Å²) < 4.78 is 1.94. The van der Waals surface area contributed by atoms with E-state index in [1.165, 1.54) is 0 Å². The number of anilines is 1. The van der Waals surface area contributed by atoms with Gasteiger partial charge in [-0.25, -0.2) is 4.98 Å². The smallest absolute Gasteiger partial charge is 0.280 e. The first-order valence-corrected chi connectivity index (χ1v) is 7.68. The van der Waals surface area contributed by atoms with Crippen LogP contribution in [0.25, 0.3) is 10.9 Å². The summed E-state index contributed by atoms with van der Waals surface area (Å²) in [6.45, 7) is 1.53. The van der Waals surface area contributed by atoms with Crippen molar-refractivity contribution in [2.24, 2.45) is 4.99 Å². The van der Waals surface area contributed by atoms with Gasteiger partial charge in [-0.2, -0.15) is 4.99 Å². The number of nitrogens with one attached hydrogen (secondary N) is 1. The summed E-state index contributed by atoms with van der Waals surface area (Å²) in [4.78, 5) is 21.1. The summed E-state index contributed by atoms with van der Waals surface area (Å²) in [5.41, 5.74) is 1.67. The summed E-state index contributed by atoms with van der Waals surface area (Å²) in [5.74, 6) is 0.602. The molecule has 1 aliphatic rings. The van der Waals surface area contributed by atoms with E-state index in [9.17, 15) is 4.79 Å². The molecule has 0 unspecified atom stereocenters. The molecule has 23 heavy (non-hydrogen) atoms. The average molecular weight is 325 g/mol. The second-order valence-corrected chi connectivity index (χ2v) is 5.72. The Labute approximate surface area is 137 Å². The molecule has 0 saturated carbocycles. The van der Waals surface area contributed by atoms with Crippen LogP contribution in [0.4, 0.5) is 5.82 Å². The maximum absolute atomic E-state index is 12.4. The number of hydrogen-bond donors (Lipinski definition) is 1. The highest BCUT2D eigenvalue weighted by Gasteiger charge is 2.15. The highest BCUT2D eigenvalue weighted by molar-refractivity contribution is 6.30. The van der Waals surface area contributed by atoms with Crippen molar-refractivity contribution in [1.82, 2.24) is 9.55 Å². The van der Waals surface area contributed by atoms with Crippen molar-refractivity contribution >= 4 is 34.2 Å². The van der Waals surface area contributed by atoms with E-state index in [-0.39, 0.29) is 5.91 Å². The Morgan fingerprint density at radius 1 is 1.22 bits per heavy atom. The van der Waals surface area contributed by atoms with E-state index in [0.717, 1.165) is 29.8 Å². The number of halogens is 1. The number of carbonyl (C=O) groups excluding carboxylic acids is 1. The van der Waals surface area contributed by atoms with Gasteiger partial charge in [0.05, 0.1) is 5.52 Å². The third-order valence-electron chi connectivity index (χ3n) is 3.79. The Kier molecular flexibility index (Phi) is 3.35. The first-order chi connectivity index (χ1) is 11.2. The monoisotopic (exact) mass is 324 g/mol. The normalized spacial score (nSPS) is 13.9. The van der Waals surface area contributed by atoms with E-state index in [1.54, 1.807) is 24.3 Å². The van der Waals surface area contributed by atoms with Crippen LogP contribution < -0.4 is 10.9 Å². The maximum Gasteiger partial charge on any atom is 0.280 e. The minimum Gasteiger partial charge on any atom is -0.369 e. The molecule has 4 rings (SSSR count). The van der Waals surface area contributed by atoms with Gasteiger partial charge < -0.3 is 5.32 Å². The molecule has 6 heteroatoms. The molecule has 0 spiro atoms. The molecule has 3 aromatic rings. The van der Waals surface area contributed by atoms with Gasteiger partial charge in [0.1, 0.15) is 5.82 Å². The van der Waals surface area contributed by atoms with Crippen LogP contribution in [0.15, 0.2) is 53.5 Å². The van der Waals surface area contributed by atoms with Crippen molar-refractivity contribution in [2.45, 2.75) is 6.54 Å². The number of benzene rings is 2. The third kappa shape index (κ3) is 2.49. The lowest BCUT2D eigenvalue weighted by atomic mass is 10.2. The Hall–Kier alpha value is -2.66. The zero-order chi connectivity index (χ0) is 15.8. The summed E-state index contributed by atoms with van der Waals surface area (Å²) in [6, 6.07) is 14.6. The van der Waals surface area contributed by atoms with E-state index in [0.29, 0.717) is 16.2 Å². The first-order valence-electron chi connectivity index (χ1n) is 7.30. The molecule has 2 heterocycles.